The summed E-state index contributed by atoms with van der Waals surface area (Å²) in [7, 11) is 2.16. The zero-order chi connectivity index (χ0) is 27.0. The number of hydrogen-bond acceptors (Lipinski definition) is 6. The summed E-state index contributed by atoms with van der Waals surface area (Å²) in [6, 6.07) is 4.53. The molecule has 3 heterocycles. The van der Waals surface area contributed by atoms with Crippen LogP contribution in [0.25, 0.3) is 0 Å². The van der Waals surface area contributed by atoms with Crippen molar-refractivity contribution in [1.82, 2.24) is 19.4 Å². The van der Waals surface area contributed by atoms with E-state index in [1.807, 2.05) is 18.3 Å². The maximum Gasteiger partial charge on any atom is 0.490 e. The Bertz CT molecular complexity index is 917. The van der Waals surface area contributed by atoms with Crippen molar-refractivity contribution in [1.29, 1.82) is 0 Å². The quantitative estimate of drug-likeness (QED) is 0.580. The number of alkyl halides is 6. The molecule has 0 aromatic carbocycles. The molecule has 0 atom stereocenters. The molecule has 3 rings (SSSR count). The molecule has 15 heteroatoms. The fraction of sp³-hybridized carbons (Fsp3) is 0.550. The molecule has 0 amide bonds. The lowest BCUT2D eigenvalue weighted by Gasteiger charge is -2.29. The first-order valence-electron chi connectivity index (χ1n) is 10.1. The van der Waals surface area contributed by atoms with E-state index < -0.39 is 24.3 Å². The van der Waals surface area contributed by atoms with Gasteiger partial charge in [-0.05, 0) is 33.0 Å². The number of halogens is 6. The molecule has 0 unspecified atom stereocenters. The first-order valence-corrected chi connectivity index (χ1v) is 10.1. The summed E-state index contributed by atoms with van der Waals surface area (Å²) in [5, 5.41) is 14.2. The Hall–Kier alpha value is -3.07. The number of imidazole rings is 1. The largest absolute Gasteiger partial charge is 0.490 e. The standard InChI is InChI=1S/C16H24N4O.2C2HF3O2/c1-13(2)18(3)10-14-9-17-16-12-19(6-7-20(14)16)11-15-5-4-8-21-15;2*3-2(4,5)1(6)7/h4-5,8-9,13H,6-7,10-12H2,1-3H3;2*(H,6,7). The summed E-state index contributed by atoms with van der Waals surface area (Å²) < 4.78 is 71.3. The number of carbonyl (C=O) groups is 2. The van der Waals surface area contributed by atoms with Crippen molar-refractivity contribution in [2.75, 3.05) is 13.6 Å². The Balaban J connectivity index is 0.000000362. The molecule has 0 fully saturated rings. The molecule has 1 aliphatic rings. The number of carboxylic acids is 2. The van der Waals surface area contributed by atoms with Crippen molar-refractivity contribution in [3.63, 3.8) is 0 Å². The highest BCUT2D eigenvalue weighted by Gasteiger charge is 2.38. The van der Waals surface area contributed by atoms with E-state index in [9.17, 15) is 26.3 Å². The van der Waals surface area contributed by atoms with Gasteiger partial charge in [0.15, 0.2) is 0 Å². The number of carboxylic acid groups (broad SMARTS) is 2. The normalized spacial score (nSPS) is 14.0. The van der Waals surface area contributed by atoms with Crippen LogP contribution in [0.4, 0.5) is 26.3 Å². The van der Waals surface area contributed by atoms with Gasteiger partial charge in [-0.15, -0.1) is 0 Å². The number of aromatic nitrogens is 2. The first kappa shape index (κ1) is 30.0. The average Bonchev–Trinajstić information content (AvgIpc) is 3.37. The summed E-state index contributed by atoms with van der Waals surface area (Å²) in [6.07, 6.45) is -6.40. The molecule has 0 radical (unpaired) electrons. The van der Waals surface area contributed by atoms with Crippen LogP contribution >= 0.6 is 0 Å². The highest BCUT2D eigenvalue weighted by molar-refractivity contribution is 5.73. The zero-order valence-electron chi connectivity index (χ0n) is 19.1. The second-order valence-corrected chi connectivity index (χ2v) is 7.72. The summed E-state index contributed by atoms with van der Waals surface area (Å²) in [6.45, 7) is 9.22. The van der Waals surface area contributed by atoms with Crippen LogP contribution in [0, 0.1) is 0 Å². The summed E-state index contributed by atoms with van der Waals surface area (Å²) >= 11 is 0. The van der Waals surface area contributed by atoms with Gasteiger partial charge >= 0.3 is 24.3 Å². The molecule has 9 nitrogen and oxygen atoms in total. The van der Waals surface area contributed by atoms with Crippen LogP contribution in [-0.4, -0.2) is 73.5 Å². The van der Waals surface area contributed by atoms with E-state index in [0.717, 1.165) is 38.5 Å². The molecule has 0 bridgehead atoms. The molecular formula is C20H26F6N4O5. The van der Waals surface area contributed by atoms with Crippen LogP contribution in [0.15, 0.2) is 29.0 Å². The van der Waals surface area contributed by atoms with Gasteiger partial charge in [0, 0.05) is 31.9 Å². The monoisotopic (exact) mass is 516 g/mol. The Labute approximate surface area is 196 Å². The van der Waals surface area contributed by atoms with Crippen molar-refractivity contribution >= 4 is 11.9 Å². The van der Waals surface area contributed by atoms with Crippen molar-refractivity contribution in [3.05, 3.63) is 41.9 Å². The number of nitrogens with zero attached hydrogens (tertiary/aromatic N) is 4. The third-order valence-electron chi connectivity index (χ3n) is 4.76. The van der Waals surface area contributed by atoms with Gasteiger partial charge in [-0.3, -0.25) is 9.80 Å². The third-order valence-corrected chi connectivity index (χ3v) is 4.76. The Morgan fingerprint density at radius 1 is 1.11 bits per heavy atom. The minimum atomic E-state index is -5.08. The van der Waals surface area contributed by atoms with Gasteiger partial charge in [0.2, 0.25) is 0 Å². The van der Waals surface area contributed by atoms with Crippen LogP contribution in [0.1, 0.15) is 31.1 Å². The van der Waals surface area contributed by atoms with Crippen molar-refractivity contribution in [2.24, 2.45) is 0 Å². The molecule has 2 aromatic heterocycles. The minimum absolute atomic E-state index is 0.551. The molecule has 0 saturated carbocycles. The van der Waals surface area contributed by atoms with Crippen LogP contribution in [-0.2, 0) is 35.8 Å². The van der Waals surface area contributed by atoms with E-state index in [1.165, 1.54) is 11.5 Å². The molecule has 0 saturated heterocycles. The number of furan rings is 1. The molecule has 0 aliphatic carbocycles. The van der Waals surface area contributed by atoms with Gasteiger partial charge in [-0.25, -0.2) is 14.6 Å². The van der Waals surface area contributed by atoms with Gasteiger partial charge in [0.05, 0.1) is 25.0 Å². The van der Waals surface area contributed by atoms with Crippen LogP contribution in [0.2, 0.25) is 0 Å². The number of rotatable bonds is 5. The second-order valence-electron chi connectivity index (χ2n) is 7.72. The Kier molecular flexibility index (Phi) is 10.8. The Morgan fingerprint density at radius 2 is 1.66 bits per heavy atom. The van der Waals surface area contributed by atoms with E-state index in [2.05, 4.69) is 40.2 Å². The van der Waals surface area contributed by atoms with E-state index in [1.54, 1.807) is 6.26 Å². The van der Waals surface area contributed by atoms with Gasteiger partial charge in [0.1, 0.15) is 11.6 Å². The zero-order valence-corrected chi connectivity index (χ0v) is 19.1. The molecular weight excluding hydrogens is 490 g/mol. The van der Waals surface area contributed by atoms with Gasteiger partial charge in [0.25, 0.3) is 0 Å². The van der Waals surface area contributed by atoms with E-state index in [0.29, 0.717) is 6.04 Å². The topological polar surface area (TPSA) is 112 Å². The van der Waals surface area contributed by atoms with Crippen LogP contribution < -0.4 is 0 Å². The predicted molar refractivity (Wildman–Crippen MR) is 109 cm³/mol. The minimum Gasteiger partial charge on any atom is -0.475 e. The third kappa shape index (κ3) is 10.4. The molecule has 198 valence electrons. The summed E-state index contributed by atoms with van der Waals surface area (Å²) in [5.74, 6) is -3.32. The molecule has 2 aromatic rings. The number of aliphatic carboxylic acids is 2. The second kappa shape index (κ2) is 12.6. The van der Waals surface area contributed by atoms with E-state index >= 15 is 0 Å². The predicted octanol–water partition coefficient (Wildman–Crippen LogP) is 3.60. The average molecular weight is 516 g/mol. The first-order chi connectivity index (χ1) is 16.0. The van der Waals surface area contributed by atoms with Crippen molar-refractivity contribution in [3.8, 4) is 0 Å². The smallest absolute Gasteiger partial charge is 0.475 e. The summed E-state index contributed by atoms with van der Waals surface area (Å²) in [4.78, 5) is 27.1. The van der Waals surface area contributed by atoms with Crippen molar-refractivity contribution in [2.45, 2.75) is 58.4 Å². The fourth-order valence-corrected chi connectivity index (χ4v) is 2.70. The van der Waals surface area contributed by atoms with Gasteiger partial charge in [-0.1, -0.05) is 0 Å². The molecule has 0 spiro atoms. The number of fused-ring (bicyclic) bond motifs is 1. The lowest BCUT2D eigenvalue weighted by Crippen LogP contribution is -2.35. The summed E-state index contributed by atoms with van der Waals surface area (Å²) in [5.41, 5.74) is 1.32. The van der Waals surface area contributed by atoms with Crippen molar-refractivity contribution < 1.29 is 50.6 Å². The lowest BCUT2D eigenvalue weighted by molar-refractivity contribution is -0.193. The van der Waals surface area contributed by atoms with Crippen LogP contribution in [0.5, 0.6) is 0 Å². The SMILES string of the molecule is CC(C)N(C)Cc1cnc2n1CCN(Cc1ccco1)C2.O=C(O)C(F)(F)F.O=C(O)C(F)(F)F. The molecule has 35 heavy (non-hydrogen) atoms. The Morgan fingerprint density at radius 3 is 2.09 bits per heavy atom. The molecule has 2 N–H and O–H groups in total. The number of hydrogen-bond donors (Lipinski definition) is 2. The van der Waals surface area contributed by atoms with E-state index in [-0.39, 0.29) is 0 Å². The van der Waals surface area contributed by atoms with Crippen LogP contribution in [0.3, 0.4) is 0 Å². The maximum atomic E-state index is 10.6. The van der Waals surface area contributed by atoms with Gasteiger partial charge in [-0.2, -0.15) is 26.3 Å². The maximum absolute atomic E-state index is 10.6. The molecule has 1 aliphatic heterocycles. The van der Waals surface area contributed by atoms with Gasteiger partial charge < -0.3 is 19.2 Å². The fourth-order valence-electron chi connectivity index (χ4n) is 2.70. The highest BCUT2D eigenvalue weighted by Crippen LogP contribution is 2.18. The highest BCUT2D eigenvalue weighted by atomic mass is 19.4. The lowest BCUT2D eigenvalue weighted by atomic mass is 10.3. The van der Waals surface area contributed by atoms with E-state index in [4.69, 9.17) is 24.2 Å².